The molecule has 0 radical (unpaired) electrons. The van der Waals surface area contributed by atoms with E-state index >= 15 is 0 Å². The zero-order valence-corrected chi connectivity index (χ0v) is 15.8. The molecule has 1 aliphatic heterocycles. The first-order chi connectivity index (χ1) is 12.1. The third-order valence-electron chi connectivity index (χ3n) is 4.34. The molecule has 3 rings (SSSR count). The molecule has 2 nitrogen and oxygen atoms in total. The Labute approximate surface area is 160 Å². The van der Waals surface area contributed by atoms with E-state index in [9.17, 15) is 22.4 Å². The first-order valence-electron chi connectivity index (χ1n) is 7.70. The van der Waals surface area contributed by atoms with Crippen LogP contribution in [0.4, 0.5) is 23.2 Å². The zero-order valence-electron chi connectivity index (χ0n) is 13.5. The van der Waals surface area contributed by atoms with Crippen molar-refractivity contribution in [1.29, 1.82) is 0 Å². The monoisotopic (exact) mass is 449 g/mol. The number of anilines is 1. The third kappa shape index (κ3) is 3.47. The molecule has 0 bridgehead atoms. The summed E-state index contributed by atoms with van der Waals surface area (Å²) < 4.78 is 53.6. The molecule has 1 atom stereocenters. The van der Waals surface area contributed by atoms with E-state index < -0.39 is 28.3 Å². The minimum absolute atomic E-state index is 0.0796. The molecule has 2 aromatic carbocycles. The molecule has 0 aliphatic carbocycles. The van der Waals surface area contributed by atoms with E-state index in [-0.39, 0.29) is 28.4 Å². The highest BCUT2D eigenvalue weighted by Crippen LogP contribution is 2.40. The lowest BCUT2D eigenvalue weighted by atomic mass is 10.0. The Kier molecular flexibility index (Phi) is 5.05. The molecule has 1 amide bonds. The van der Waals surface area contributed by atoms with Crippen LogP contribution in [0.2, 0.25) is 5.02 Å². The molecule has 1 heterocycles. The second kappa shape index (κ2) is 6.85. The molecule has 26 heavy (non-hydrogen) atoms. The highest BCUT2D eigenvalue weighted by Gasteiger charge is 2.37. The van der Waals surface area contributed by atoms with Crippen LogP contribution in [0.25, 0.3) is 0 Å². The summed E-state index contributed by atoms with van der Waals surface area (Å²) in [4.78, 5) is 13.0. The minimum Gasteiger partial charge on any atom is -0.311 e. The number of halogens is 6. The fourth-order valence-corrected chi connectivity index (χ4v) is 3.85. The maximum absolute atomic E-state index is 14.1. The van der Waals surface area contributed by atoms with Gasteiger partial charge < -0.3 is 4.90 Å². The number of alkyl halides is 4. The number of hydrogen-bond donors (Lipinski definition) is 0. The molecule has 0 spiro atoms. The van der Waals surface area contributed by atoms with Crippen LogP contribution < -0.4 is 4.90 Å². The average molecular weight is 451 g/mol. The van der Waals surface area contributed by atoms with E-state index in [2.05, 4.69) is 15.9 Å². The summed E-state index contributed by atoms with van der Waals surface area (Å²) in [6, 6.07) is 6.36. The van der Waals surface area contributed by atoms with Gasteiger partial charge in [0.15, 0.2) is 0 Å². The molecule has 0 aromatic heterocycles. The van der Waals surface area contributed by atoms with Crippen LogP contribution in [0, 0.1) is 12.7 Å². The summed E-state index contributed by atoms with van der Waals surface area (Å²) in [5, 5.41) is 0.190. The third-order valence-corrected chi connectivity index (χ3v) is 5.46. The van der Waals surface area contributed by atoms with Gasteiger partial charge >= 0.3 is 6.18 Å². The van der Waals surface area contributed by atoms with Crippen molar-refractivity contribution in [3.8, 4) is 0 Å². The van der Waals surface area contributed by atoms with E-state index in [1.807, 2.05) is 0 Å². The van der Waals surface area contributed by atoms with Crippen LogP contribution in [-0.2, 0) is 17.4 Å². The fraction of sp³-hybridized carbons (Fsp3) is 0.278. The number of nitrogens with zero attached hydrogens (tertiary/aromatic N) is 1. The summed E-state index contributed by atoms with van der Waals surface area (Å²) in [5.41, 5.74) is 0.298. The second-order valence-corrected chi connectivity index (χ2v) is 7.41. The first-order valence-corrected chi connectivity index (χ1v) is 9.00. The van der Waals surface area contributed by atoms with Crippen LogP contribution >= 0.6 is 27.5 Å². The molecule has 0 saturated heterocycles. The SMILES string of the molecule is Cc1cc2c(cc1C(F)(F)F)N(C(=O)C(Br)c1ccc(Cl)cc1F)CC2. The lowest BCUT2D eigenvalue weighted by Crippen LogP contribution is -2.32. The molecular weight excluding hydrogens is 438 g/mol. The van der Waals surface area contributed by atoms with E-state index in [1.54, 1.807) is 0 Å². The van der Waals surface area contributed by atoms with E-state index in [0.29, 0.717) is 12.0 Å². The summed E-state index contributed by atoms with van der Waals surface area (Å²) in [7, 11) is 0. The Balaban J connectivity index is 1.96. The van der Waals surface area contributed by atoms with Gasteiger partial charge in [-0.15, -0.1) is 0 Å². The normalized spacial score (nSPS) is 15.1. The molecule has 0 N–H and O–H groups in total. The molecule has 1 unspecified atom stereocenters. The molecule has 0 fully saturated rings. The summed E-state index contributed by atoms with van der Waals surface area (Å²) in [6.45, 7) is 1.64. The number of amides is 1. The van der Waals surface area contributed by atoms with Crippen LogP contribution in [-0.4, -0.2) is 12.5 Å². The van der Waals surface area contributed by atoms with Gasteiger partial charge in [0.1, 0.15) is 10.6 Å². The van der Waals surface area contributed by atoms with Crippen LogP contribution in [0.3, 0.4) is 0 Å². The van der Waals surface area contributed by atoms with Crippen LogP contribution in [0.5, 0.6) is 0 Å². The standard InChI is InChI=1S/C18H13BrClF4NO/c1-9-6-10-4-5-25(15(10)8-13(9)18(22,23)24)17(26)16(19)12-3-2-11(20)7-14(12)21/h2-3,6-8,16H,4-5H2,1H3. The van der Waals surface area contributed by atoms with Crippen molar-refractivity contribution in [2.45, 2.75) is 24.3 Å². The van der Waals surface area contributed by atoms with Gasteiger partial charge in [0.25, 0.3) is 0 Å². The fourth-order valence-electron chi connectivity index (χ4n) is 3.07. The van der Waals surface area contributed by atoms with Gasteiger partial charge in [-0.05, 0) is 42.7 Å². The predicted octanol–water partition coefficient (Wildman–Crippen LogP) is 5.83. The van der Waals surface area contributed by atoms with Gasteiger partial charge in [-0.2, -0.15) is 13.2 Å². The van der Waals surface area contributed by atoms with Crippen molar-refractivity contribution in [2.75, 3.05) is 11.4 Å². The van der Waals surface area contributed by atoms with Crippen molar-refractivity contribution < 1.29 is 22.4 Å². The maximum atomic E-state index is 14.1. The summed E-state index contributed by atoms with van der Waals surface area (Å²) in [6.07, 6.45) is -4.06. The highest BCUT2D eigenvalue weighted by molar-refractivity contribution is 9.09. The van der Waals surface area contributed by atoms with Crippen molar-refractivity contribution in [3.05, 3.63) is 63.4 Å². The van der Waals surface area contributed by atoms with Gasteiger partial charge in [-0.3, -0.25) is 4.79 Å². The summed E-state index contributed by atoms with van der Waals surface area (Å²) in [5.74, 6) is -1.19. The van der Waals surface area contributed by atoms with Crippen LogP contribution in [0.15, 0.2) is 30.3 Å². The number of carbonyl (C=O) groups is 1. The first kappa shape index (κ1) is 19.2. The molecule has 8 heteroatoms. The van der Waals surface area contributed by atoms with Crippen molar-refractivity contribution in [3.63, 3.8) is 0 Å². The average Bonchev–Trinajstić information content (AvgIpc) is 2.94. The van der Waals surface area contributed by atoms with Gasteiger partial charge in [0.2, 0.25) is 5.91 Å². The van der Waals surface area contributed by atoms with E-state index in [1.165, 1.54) is 30.0 Å². The second-order valence-electron chi connectivity index (χ2n) is 6.06. The van der Waals surface area contributed by atoms with Crippen molar-refractivity contribution in [1.82, 2.24) is 0 Å². The van der Waals surface area contributed by atoms with Crippen molar-refractivity contribution >= 4 is 39.1 Å². The molecule has 0 saturated carbocycles. The molecule has 1 aliphatic rings. The number of rotatable bonds is 2. The van der Waals surface area contributed by atoms with Gasteiger partial charge in [-0.25, -0.2) is 4.39 Å². The Hall–Kier alpha value is -1.60. The van der Waals surface area contributed by atoms with Gasteiger partial charge in [0, 0.05) is 22.8 Å². The van der Waals surface area contributed by atoms with Gasteiger partial charge in [-0.1, -0.05) is 39.7 Å². The quantitative estimate of drug-likeness (QED) is 0.416. The topological polar surface area (TPSA) is 20.3 Å². The Morgan fingerprint density at radius 2 is 1.96 bits per heavy atom. The number of benzene rings is 2. The Morgan fingerprint density at radius 1 is 1.27 bits per heavy atom. The molecular formula is C18H13BrClF4NO. The molecule has 2 aromatic rings. The number of carbonyl (C=O) groups excluding carboxylic acids is 1. The number of fused-ring (bicyclic) bond motifs is 1. The predicted molar refractivity (Wildman–Crippen MR) is 95.3 cm³/mol. The maximum Gasteiger partial charge on any atom is 0.416 e. The van der Waals surface area contributed by atoms with Crippen molar-refractivity contribution in [2.24, 2.45) is 0 Å². The van der Waals surface area contributed by atoms with Gasteiger partial charge in [0.05, 0.1) is 5.56 Å². The van der Waals surface area contributed by atoms with E-state index in [0.717, 1.165) is 12.1 Å². The van der Waals surface area contributed by atoms with E-state index in [4.69, 9.17) is 11.6 Å². The Bertz CT molecular complexity index is 884. The van der Waals surface area contributed by atoms with Crippen LogP contribution in [0.1, 0.15) is 27.1 Å². The Morgan fingerprint density at radius 3 is 2.58 bits per heavy atom. The number of aryl methyl sites for hydroxylation is 1. The lowest BCUT2D eigenvalue weighted by molar-refractivity contribution is -0.138. The lowest BCUT2D eigenvalue weighted by Gasteiger charge is -2.22. The summed E-state index contributed by atoms with van der Waals surface area (Å²) >= 11 is 8.88. The largest absolute Gasteiger partial charge is 0.416 e. The molecule has 138 valence electrons. The number of hydrogen-bond acceptors (Lipinski definition) is 1. The minimum atomic E-state index is -4.51. The zero-order chi connectivity index (χ0) is 19.2. The smallest absolute Gasteiger partial charge is 0.311 e. The highest BCUT2D eigenvalue weighted by atomic mass is 79.9.